The molecule has 104 valence electrons. The van der Waals surface area contributed by atoms with E-state index in [1.165, 1.54) is 10.9 Å². The Labute approximate surface area is 108 Å². The normalized spacial score (nSPS) is 18.2. The molecule has 2 amide bonds. The smallest absolute Gasteiger partial charge is 0.325 e. The van der Waals surface area contributed by atoms with Crippen LogP contribution < -0.4 is 10.6 Å². The van der Waals surface area contributed by atoms with E-state index in [4.69, 9.17) is 9.84 Å². The van der Waals surface area contributed by atoms with Crippen LogP contribution in [0.25, 0.3) is 0 Å². The molecule has 0 aromatic carbocycles. The van der Waals surface area contributed by atoms with E-state index in [1.54, 1.807) is 0 Å². The topological polar surface area (TPSA) is 118 Å². The number of ether oxygens (including phenoxy) is 1. The van der Waals surface area contributed by atoms with E-state index >= 15 is 0 Å². The molecular formula is C10H15N5O4. The molecule has 3 N–H and O–H groups in total. The van der Waals surface area contributed by atoms with E-state index in [9.17, 15) is 9.59 Å². The van der Waals surface area contributed by atoms with E-state index in [0.29, 0.717) is 18.9 Å². The maximum absolute atomic E-state index is 11.5. The standard InChI is InChI=1S/C10H15N5O4/c16-9(17)5-15-4-8(13-14-15)3-11-10(18)12-7-1-2-19-6-7/h4,7H,1-3,5-6H2,(H,16,17)(H2,11,12,18). The minimum Gasteiger partial charge on any atom is -0.480 e. The number of hydrogen-bond acceptors (Lipinski definition) is 5. The number of aliphatic carboxylic acids is 1. The van der Waals surface area contributed by atoms with Crippen molar-refractivity contribution in [3.63, 3.8) is 0 Å². The molecule has 1 aromatic rings. The van der Waals surface area contributed by atoms with Gasteiger partial charge in [0, 0.05) is 6.61 Å². The van der Waals surface area contributed by atoms with Crippen LogP contribution in [0.2, 0.25) is 0 Å². The van der Waals surface area contributed by atoms with E-state index in [2.05, 4.69) is 20.9 Å². The van der Waals surface area contributed by atoms with Gasteiger partial charge in [0.1, 0.15) is 12.2 Å². The third-order valence-electron chi connectivity index (χ3n) is 2.58. The first-order valence-corrected chi connectivity index (χ1v) is 5.86. The number of nitrogens with zero attached hydrogens (tertiary/aromatic N) is 3. The van der Waals surface area contributed by atoms with Gasteiger partial charge in [0.2, 0.25) is 0 Å². The highest BCUT2D eigenvalue weighted by molar-refractivity contribution is 5.74. The summed E-state index contributed by atoms with van der Waals surface area (Å²) in [6, 6.07) is -0.258. The van der Waals surface area contributed by atoms with E-state index < -0.39 is 5.97 Å². The molecular weight excluding hydrogens is 254 g/mol. The second-order valence-corrected chi connectivity index (χ2v) is 4.19. The number of carbonyl (C=O) groups is 2. The molecule has 1 unspecified atom stereocenters. The van der Waals surface area contributed by atoms with Gasteiger partial charge in [-0.25, -0.2) is 9.48 Å². The lowest BCUT2D eigenvalue weighted by Gasteiger charge is -2.10. The molecule has 9 nitrogen and oxygen atoms in total. The van der Waals surface area contributed by atoms with Crippen LogP contribution in [0.3, 0.4) is 0 Å². The highest BCUT2D eigenvalue weighted by atomic mass is 16.5. The second-order valence-electron chi connectivity index (χ2n) is 4.19. The summed E-state index contributed by atoms with van der Waals surface area (Å²) in [5.41, 5.74) is 0.499. The number of carboxylic acids is 1. The van der Waals surface area contributed by atoms with Gasteiger partial charge in [-0.05, 0) is 6.42 Å². The zero-order valence-electron chi connectivity index (χ0n) is 10.2. The molecule has 0 bridgehead atoms. The molecule has 1 aromatic heterocycles. The van der Waals surface area contributed by atoms with Crippen LogP contribution in [-0.4, -0.2) is 51.4 Å². The van der Waals surface area contributed by atoms with Crippen molar-refractivity contribution in [1.29, 1.82) is 0 Å². The van der Waals surface area contributed by atoms with Gasteiger partial charge in [-0.3, -0.25) is 4.79 Å². The summed E-state index contributed by atoms with van der Waals surface area (Å²) in [4.78, 5) is 22.0. The SMILES string of the molecule is O=C(O)Cn1cc(CNC(=O)NC2CCOC2)nn1. The first kappa shape index (κ1) is 13.3. The van der Waals surface area contributed by atoms with Gasteiger partial charge in [0.25, 0.3) is 0 Å². The Kier molecular flexibility index (Phi) is 4.29. The van der Waals surface area contributed by atoms with E-state index in [-0.39, 0.29) is 25.2 Å². The molecule has 0 aliphatic carbocycles. The van der Waals surface area contributed by atoms with Gasteiger partial charge in [-0.15, -0.1) is 5.10 Å². The molecule has 1 aliphatic rings. The predicted octanol–water partition coefficient (Wildman–Crippen LogP) is -1.05. The van der Waals surface area contributed by atoms with Crippen molar-refractivity contribution in [3.8, 4) is 0 Å². The average Bonchev–Trinajstić information content (AvgIpc) is 2.97. The zero-order valence-corrected chi connectivity index (χ0v) is 10.2. The zero-order chi connectivity index (χ0) is 13.7. The molecule has 19 heavy (non-hydrogen) atoms. The summed E-state index contributed by atoms with van der Waals surface area (Å²) in [5, 5.41) is 21.3. The Morgan fingerprint density at radius 2 is 2.42 bits per heavy atom. The molecule has 1 fully saturated rings. The Bertz CT molecular complexity index is 455. The molecule has 0 saturated carbocycles. The van der Waals surface area contributed by atoms with Crippen LogP contribution in [0, 0.1) is 0 Å². The Morgan fingerprint density at radius 3 is 3.11 bits per heavy atom. The number of carbonyl (C=O) groups excluding carboxylic acids is 1. The lowest BCUT2D eigenvalue weighted by Crippen LogP contribution is -2.42. The van der Waals surface area contributed by atoms with Crippen molar-refractivity contribution >= 4 is 12.0 Å². The molecule has 1 atom stereocenters. The molecule has 1 aliphatic heterocycles. The quantitative estimate of drug-likeness (QED) is 0.627. The fourth-order valence-electron chi connectivity index (χ4n) is 1.69. The monoisotopic (exact) mass is 269 g/mol. The summed E-state index contributed by atoms with van der Waals surface area (Å²) in [7, 11) is 0. The second kappa shape index (κ2) is 6.14. The number of carboxylic acid groups (broad SMARTS) is 1. The summed E-state index contributed by atoms with van der Waals surface area (Å²) in [6.07, 6.45) is 2.29. The van der Waals surface area contributed by atoms with Crippen LogP contribution in [0.1, 0.15) is 12.1 Å². The molecule has 2 rings (SSSR count). The summed E-state index contributed by atoms with van der Waals surface area (Å²) >= 11 is 0. The number of rotatable bonds is 5. The number of nitrogens with one attached hydrogen (secondary N) is 2. The third-order valence-corrected chi connectivity index (χ3v) is 2.58. The van der Waals surface area contributed by atoms with Crippen LogP contribution in [0.15, 0.2) is 6.20 Å². The maximum Gasteiger partial charge on any atom is 0.325 e. The maximum atomic E-state index is 11.5. The van der Waals surface area contributed by atoms with Gasteiger partial charge in [0.15, 0.2) is 0 Å². The third kappa shape index (κ3) is 4.21. The fourth-order valence-corrected chi connectivity index (χ4v) is 1.69. The fraction of sp³-hybridized carbons (Fsp3) is 0.600. The Hall–Kier alpha value is -2.16. The van der Waals surface area contributed by atoms with Gasteiger partial charge in [0.05, 0.1) is 25.4 Å². The summed E-state index contributed by atoms with van der Waals surface area (Å²) in [5.74, 6) is -0.997. The van der Waals surface area contributed by atoms with Gasteiger partial charge in [-0.1, -0.05) is 5.21 Å². The number of aromatic nitrogens is 3. The van der Waals surface area contributed by atoms with Gasteiger partial charge in [-0.2, -0.15) is 0 Å². The van der Waals surface area contributed by atoms with E-state index in [0.717, 1.165) is 6.42 Å². The van der Waals surface area contributed by atoms with Crippen LogP contribution in [0.4, 0.5) is 4.79 Å². The number of amides is 2. The van der Waals surface area contributed by atoms with Crippen LogP contribution in [0.5, 0.6) is 0 Å². The largest absolute Gasteiger partial charge is 0.480 e. The molecule has 1 saturated heterocycles. The lowest BCUT2D eigenvalue weighted by atomic mass is 10.3. The summed E-state index contributed by atoms with van der Waals surface area (Å²) < 4.78 is 6.33. The van der Waals surface area contributed by atoms with Crippen molar-refractivity contribution in [2.45, 2.75) is 25.6 Å². The lowest BCUT2D eigenvalue weighted by molar-refractivity contribution is -0.137. The van der Waals surface area contributed by atoms with Crippen molar-refractivity contribution < 1.29 is 19.4 Å². The molecule has 2 heterocycles. The van der Waals surface area contributed by atoms with Crippen LogP contribution in [-0.2, 0) is 22.6 Å². The summed E-state index contributed by atoms with van der Waals surface area (Å²) in [6.45, 7) is 1.13. The van der Waals surface area contributed by atoms with Crippen molar-refractivity contribution in [3.05, 3.63) is 11.9 Å². The molecule has 0 spiro atoms. The molecule has 0 radical (unpaired) electrons. The minimum absolute atomic E-state index is 0.0442. The Balaban J connectivity index is 1.73. The minimum atomic E-state index is -0.997. The van der Waals surface area contributed by atoms with Gasteiger partial charge >= 0.3 is 12.0 Å². The number of urea groups is 1. The number of hydrogen-bond donors (Lipinski definition) is 3. The van der Waals surface area contributed by atoms with Crippen LogP contribution >= 0.6 is 0 Å². The Morgan fingerprint density at radius 1 is 1.58 bits per heavy atom. The van der Waals surface area contributed by atoms with Crippen molar-refractivity contribution in [2.24, 2.45) is 0 Å². The van der Waals surface area contributed by atoms with Crippen molar-refractivity contribution in [1.82, 2.24) is 25.6 Å². The highest BCUT2D eigenvalue weighted by Crippen LogP contribution is 2.02. The first-order chi connectivity index (χ1) is 9.13. The average molecular weight is 269 g/mol. The highest BCUT2D eigenvalue weighted by Gasteiger charge is 2.17. The van der Waals surface area contributed by atoms with E-state index in [1.807, 2.05) is 0 Å². The van der Waals surface area contributed by atoms with Crippen molar-refractivity contribution in [2.75, 3.05) is 13.2 Å². The molecule has 9 heteroatoms. The van der Waals surface area contributed by atoms with Gasteiger partial charge < -0.3 is 20.5 Å². The first-order valence-electron chi connectivity index (χ1n) is 5.86. The predicted molar refractivity (Wildman–Crippen MR) is 62.3 cm³/mol.